The molecule has 2 aliphatic rings. The van der Waals surface area contributed by atoms with Crippen LogP contribution in [0.1, 0.15) is 25.7 Å². The molecule has 0 unspecified atom stereocenters. The van der Waals surface area contributed by atoms with Crippen molar-refractivity contribution < 1.29 is 23.9 Å². The van der Waals surface area contributed by atoms with Crippen molar-refractivity contribution in [3.05, 3.63) is 21.8 Å². The Morgan fingerprint density at radius 2 is 1.79 bits per heavy atom. The Morgan fingerprint density at radius 1 is 1.09 bits per heavy atom. The number of anilines is 1. The molecule has 4 heterocycles. The molecule has 2 fully saturated rings. The average Bonchev–Trinajstić information content (AvgIpc) is 3.52. The molecular weight excluding hydrogens is 500 g/mol. The summed E-state index contributed by atoms with van der Waals surface area (Å²) in [5.74, 6) is -0.635. The lowest BCUT2D eigenvalue weighted by Crippen LogP contribution is -2.63. The summed E-state index contributed by atoms with van der Waals surface area (Å²) < 4.78 is 10.0. The Bertz CT molecular complexity index is 1040. The lowest BCUT2D eigenvalue weighted by molar-refractivity contribution is -0.161. The summed E-state index contributed by atoms with van der Waals surface area (Å²) in [4.78, 5) is 46.9. The minimum atomic E-state index is -0.792. The number of aromatic nitrogens is 1. The molecule has 34 heavy (non-hydrogen) atoms. The van der Waals surface area contributed by atoms with Crippen LogP contribution in [0, 0.1) is 5.92 Å². The first-order valence-electron chi connectivity index (χ1n) is 11.0. The van der Waals surface area contributed by atoms with Crippen molar-refractivity contribution in [1.29, 1.82) is 0 Å². The molecule has 0 radical (unpaired) electrons. The van der Waals surface area contributed by atoms with Gasteiger partial charge >= 0.3 is 18.0 Å². The number of likely N-dealkylation sites (tertiary alicyclic amines) is 2. The van der Waals surface area contributed by atoms with Gasteiger partial charge < -0.3 is 14.4 Å². The van der Waals surface area contributed by atoms with Crippen LogP contribution in [0.4, 0.5) is 9.93 Å². The maximum absolute atomic E-state index is 12.9. The summed E-state index contributed by atoms with van der Waals surface area (Å²) in [5, 5.41) is 7.77. The molecule has 4 rings (SSSR count). The van der Waals surface area contributed by atoms with E-state index in [1.807, 2.05) is 16.8 Å². The van der Waals surface area contributed by atoms with E-state index in [1.165, 1.54) is 36.9 Å². The zero-order valence-electron chi connectivity index (χ0n) is 19.0. The number of methoxy groups -OCH3 is 2. The van der Waals surface area contributed by atoms with Gasteiger partial charge in [-0.15, -0.1) is 22.7 Å². The zero-order valence-corrected chi connectivity index (χ0v) is 21.4. The van der Waals surface area contributed by atoms with Crippen LogP contribution in [-0.2, 0) is 19.1 Å². The molecule has 0 bridgehead atoms. The molecule has 2 aromatic rings. The molecule has 0 aromatic carbocycles. The van der Waals surface area contributed by atoms with Crippen LogP contribution in [0.25, 0.3) is 10.6 Å². The Morgan fingerprint density at radius 3 is 2.38 bits per heavy atom. The van der Waals surface area contributed by atoms with Gasteiger partial charge in [-0.1, -0.05) is 11.6 Å². The normalized spacial score (nSPS) is 19.0. The number of piperidine rings is 2. The molecule has 184 valence electrons. The van der Waals surface area contributed by atoms with Gasteiger partial charge in [0.2, 0.25) is 0 Å². The third kappa shape index (κ3) is 5.07. The van der Waals surface area contributed by atoms with Crippen molar-refractivity contribution >= 4 is 57.4 Å². The van der Waals surface area contributed by atoms with Crippen LogP contribution in [0.5, 0.6) is 0 Å². The van der Waals surface area contributed by atoms with Crippen LogP contribution in [0.15, 0.2) is 16.8 Å². The van der Waals surface area contributed by atoms with Gasteiger partial charge in [-0.2, -0.15) is 0 Å². The topological polar surface area (TPSA) is 101 Å². The number of carbonyl (C=O) groups excluding carboxylic acids is 3. The molecule has 0 atom stereocenters. The van der Waals surface area contributed by atoms with E-state index in [0.717, 1.165) is 10.6 Å². The number of urea groups is 1. The third-order valence-electron chi connectivity index (χ3n) is 6.62. The number of ether oxygens (including phenoxy) is 2. The summed E-state index contributed by atoms with van der Waals surface area (Å²) in [6.45, 7) is 2.04. The van der Waals surface area contributed by atoms with Gasteiger partial charge in [-0.25, -0.2) is 9.78 Å². The molecule has 0 spiro atoms. The fourth-order valence-corrected chi connectivity index (χ4v) is 6.50. The second-order valence-corrected chi connectivity index (χ2v) is 10.6. The Hall–Kier alpha value is -2.21. The van der Waals surface area contributed by atoms with Crippen LogP contribution < -0.4 is 5.32 Å². The van der Waals surface area contributed by atoms with Crippen molar-refractivity contribution in [2.45, 2.75) is 31.2 Å². The lowest BCUT2D eigenvalue weighted by Gasteiger charge is -2.48. The number of halogens is 1. The summed E-state index contributed by atoms with van der Waals surface area (Å²) in [6.07, 6.45) is 2.20. The maximum atomic E-state index is 12.9. The van der Waals surface area contributed by atoms with Crippen molar-refractivity contribution in [3.63, 3.8) is 0 Å². The van der Waals surface area contributed by atoms with Gasteiger partial charge in [-0.3, -0.25) is 19.8 Å². The highest BCUT2D eigenvalue weighted by atomic mass is 35.5. The minimum Gasteiger partial charge on any atom is -0.469 e. The highest BCUT2D eigenvalue weighted by Gasteiger charge is 2.49. The number of amides is 2. The summed E-state index contributed by atoms with van der Waals surface area (Å²) >= 11 is 8.85. The number of hydrogen-bond donors (Lipinski definition) is 1. The van der Waals surface area contributed by atoms with Crippen LogP contribution in [-0.4, -0.2) is 78.7 Å². The van der Waals surface area contributed by atoms with E-state index in [1.54, 1.807) is 4.90 Å². The smallest absolute Gasteiger partial charge is 0.326 e. The van der Waals surface area contributed by atoms with Gasteiger partial charge in [-0.05, 0) is 31.7 Å². The SMILES string of the molecule is COC(=O)C1CCN(C2(C(=O)OC)CCN(C(=O)Nc3nc(-c4cc(Cl)cs4)cs3)CC2)CC1. The van der Waals surface area contributed by atoms with Crippen molar-refractivity contribution in [1.82, 2.24) is 14.8 Å². The van der Waals surface area contributed by atoms with Crippen LogP contribution in [0.2, 0.25) is 5.02 Å². The van der Waals surface area contributed by atoms with Crippen LogP contribution >= 0.6 is 34.3 Å². The van der Waals surface area contributed by atoms with E-state index in [9.17, 15) is 14.4 Å². The second-order valence-electron chi connectivity index (χ2n) is 8.39. The Kier molecular flexibility index (Phi) is 7.76. The summed E-state index contributed by atoms with van der Waals surface area (Å²) in [6, 6.07) is 1.60. The lowest BCUT2D eigenvalue weighted by atomic mass is 9.82. The fraction of sp³-hybridized carbons (Fsp3) is 0.545. The number of rotatable bonds is 5. The standard InChI is InChI=1S/C22H27ClN4O5S2/c1-31-18(28)14-3-7-27(8-4-14)22(19(29)32-2)5-9-26(10-6-22)21(30)25-20-24-16(13-34-20)17-11-15(23)12-33-17/h11-14H,3-10H2,1-2H3,(H,24,25,30). The quantitative estimate of drug-likeness (QED) is 0.588. The molecule has 2 saturated heterocycles. The van der Waals surface area contributed by atoms with Gasteiger partial charge in [0.25, 0.3) is 0 Å². The highest BCUT2D eigenvalue weighted by Crippen LogP contribution is 2.35. The van der Waals surface area contributed by atoms with E-state index < -0.39 is 5.54 Å². The molecule has 2 amide bonds. The van der Waals surface area contributed by atoms with Crippen molar-refractivity contribution in [3.8, 4) is 10.6 Å². The summed E-state index contributed by atoms with van der Waals surface area (Å²) in [5.41, 5.74) is -0.0183. The molecule has 2 aliphatic heterocycles. The van der Waals surface area contributed by atoms with Gasteiger partial charge in [0.15, 0.2) is 5.13 Å². The number of esters is 2. The second kappa shape index (κ2) is 10.6. The molecule has 12 heteroatoms. The van der Waals surface area contributed by atoms with Gasteiger partial charge in [0, 0.05) is 36.9 Å². The van der Waals surface area contributed by atoms with Gasteiger partial charge in [0.1, 0.15) is 5.54 Å². The first-order chi connectivity index (χ1) is 16.4. The van der Waals surface area contributed by atoms with E-state index in [-0.39, 0.29) is 23.9 Å². The predicted molar refractivity (Wildman–Crippen MR) is 131 cm³/mol. The number of hydrogen-bond acceptors (Lipinski definition) is 9. The largest absolute Gasteiger partial charge is 0.469 e. The monoisotopic (exact) mass is 526 g/mol. The molecule has 0 saturated carbocycles. The molecule has 9 nitrogen and oxygen atoms in total. The molecular formula is C22H27ClN4O5S2. The number of thiophene rings is 1. The molecule has 2 aromatic heterocycles. The van der Waals surface area contributed by atoms with E-state index in [2.05, 4.69) is 15.2 Å². The Balaban J connectivity index is 1.37. The number of nitrogens with one attached hydrogen (secondary N) is 1. The first kappa shape index (κ1) is 24.9. The van der Waals surface area contributed by atoms with Crippen LogP contribution in [0.3, 0.4) is 0 Å². The maximum Gasteiger partial charge on any atom is 0.326 e. The van der Waals surface area contributed by atoms with E-state index in [0.29, 0.717) is 62.0 Å². The fourth-order valence-electron chi connectivity index (χ4n) is 4.69. The summed E-state index contributed by atoms with van der Waals surface area (Å²) in [7, 11) is 2.79. The van der Waals surface area contributed by atoms with Gasteiger partial charge in [0.05, 0.1) is 35.7 Å². The first-order valence-corrected chi connectivity index (χ1v) is 13.2. The predicted octanol–water partition coefficient (Wildman–Crippen LogP) is 3.95. The third-order valence-corrected chi connectivity index (χ3v) is 8.67. The number of thiazole rings is 1. The van der Waals surface area contributed by atoms with Crippen molar-refractivity contribution in [2.75, 3.05) is 45.7 Å². The Labute approximate surface area is 211 Å². The minimum absolute atomic E-state index is 0.143. The molecule has 0 aliphatic carbocycles. The number of nitrogens with zero attached hydrogens (tertiary/aromatic N) is 3. The van der Waals surface area contributed by atoms with Crippen molar-refractivity contribution in [2.24, 2.45) is 5.92 Å². The number of carbonyl (C=O) groups is 3. The highest BCUT2D eigenvalue weighted by molar-refractivity contribution is 7.16. The van der Waals surface area contributed by atoms with E-state index >= 15 is 0 Å². The molecule has 1 N–H and O–H groups in total. The van der Waals surface area contributed by atoms with E-state index in [4.69, 9.17) is 21.1 Å². The average molecular weight is 527 g/mol. The zero-order chi connectivity index (χ0) is 24.3.